The van der Waals surface area contributed by atoms with Crippen LogP contribution in [-0.4, -0.2) is 13.2 Å². The molecule has 2 aliphatic carbocycles. The molecular weight excluding hydrogens is 253 g/mol. The molecule has 3 heteroatoms. The molecule has 1 aromatic carbocycles. The fourth-order valence-electron chi connectivity index (χ4n) is 4.58. The molecule has 1 N–H and O–H groups in total. The molecule has 1 aromatic rings. The quantitative estimate of drug-likeness (QED) is 0.880. The molecule has 0 radical (unpaired) electrons. The van der Waals surface area contributed by atoms with Gasteiger partial charge >= 0.3 is 0 Å². The van der Waals surface area contributed by atoms with Gasteiger partial charge in [-0.2, -0.15) is 0 Å². The molecule has 0 aliphatic heterocycles. The zero-order valence-electron chi connectivity index (χ0n) is 12.8. The maximum atomic E-state index is 13.5. The first-order chi connectivity index (χ1) is 9.37. The van der Waals surface area contributed by atoms with Gasteiger partial charge in [-0.15, -0.1) is 0 Å². The molecule has 0 amide bonds. The average Bonchev–Trinajstić information content (AvgIpc) is 2.87. The summed E-state index contributed by atoms with van der Waals surface area (Å²) in [6, 6.07) is 5.48. The van der Waals surface area contributed by atoms with E-state index in [1.54, 1.807) is 6.07 Å². The Morgan fingerprint density at radius 1 is 1.30 bits per heavy atom. The molecule has 0 heterocycles. The van der Waals surface area contributed by atoms with E-state index in [0.717, 1.165) is 11.6 Å². The summed E-state index contributed by atoms with van der Waals surface area (Å²) in [5.41, 5.74) is 1.60. The summed E-state index contributed by atoms with van der Waals surface area (Å²) in [5, 5.41) is 3.66. The summed E-state index contributed by atoms with van der Waals surface area (Å²) in [7, 11) is 1.50. The highest BCUT2D eigenvalue weighted by Crippen LogP contribution is 2.63. The van der Waals surface area contributed by atoms with Gasteiger partial charge in [0.25, 0.3) is 0 Å². The molecule has 110 valence electrons. The fraction of sp³-hybridized carbons (Fsp3) is 0.647. The van der Waals surface area contributed by atoms with Gasteiger partial charge in [0.05, 0.1) is 7.11 Å². The van der Waals surface area contributed by atoms with E-state index in [2.05, 4.69) is 26.1 Å². The lowest BCUT2D eigenvalue weighted by Crippen LogP contribution is -2.45. The van der Waals surface area contributed by atoms with Crippen molar-refractivity contribution in [1.82, 2.24) is 0 Å². The van der Waals surface area contributed by atoms with Crippen molar-refractivity contribution in [3.05, 3.63) is 24.0 Å². The topological polar surface area (TPSA) is 21.3 Å². The highest BCUT2D eigenvalue weighted by Gasteiger charge is 2.59. The lowest BCUT2D eigenvalue weighted by molar-refractivity contribution is 0.155. The van der Waals surface area contributed by atoms with Gasteiger partial charge in [-0.25, -0.2) is 4.39 Å². The van der Waals surface area contributed by atoms with Gasteiger partial charge < -0.3 is 10.1 Å². The van der Waals surface area contributed by atoms with Crippen LogP contribution in [0, 0.1) is 22.6 Å². The first-order valence-electron chi connectivity index (χ1n) is 7.47. The number of ether oxygens (including phenoxy) is 1. The van der Waals surface area contributed by atoms with Crippen molar-refractivity contribution in [3.8, 4) is 5.75 Å². The molecule has 2 aliphatic rings. The Balaban J connectivity index is 1.87. The van der Waals surface area contributed by atoms with Crippen molar-refractivity contribution in [3.63, 3.8) is 0 Å². The molecule has 20 heavy (non-hydrogen) atoms. The van der Waals surface area contributed by atoms with E-state index in [1.165, 1.54) is 32.4 Å². The third-order valence-corrected chi connectivity index (χ3v) is 5.73. The number of anilines is 1. The van der Waals surface area contributed by atoms with Crippen LogP contribution in [0.15, 0.2) is 18.2 Å². The van der Waals surface area contributed by atoms with Crippen LogP contribution in [0.4, 0.5) is 10.1 Å². The van der Waals surface area contributed by atoms with Crippen molar-refractivity contribution in [2.45, 2.75) is 46.1 Å². The van der Waals surface area contributed by atoms with Gasteiger partial charge in [0.2, 0.25) is 0 Å². The van der Waals surface area contributed by atoms with Crippen molar-refractivity contribution >= 4 is 5.69 Å². The number of methoxy groups -OCH3 is 1. The van der Waals surface area contributed by atoms with Crippen LogP contribution >= 0.6 is 0 Å². The van der Waals surface area contributed by atoms with Gasteiger partial charge in [-0.05, 0) is 48.1 Å². The molecule has 2 saturated carbocycles. The smallest absolute Gasteiger partial charge is 0.165 e. The predicted molar refractivity (Wildman–Crippen MR) is 79.6 cm³/mol. The minimum Gasteiger partial charge on any atom is -0.494 e. The van der Waals surface area contributed by atoms with Crippen LogP contribution in [0.25, 0.3) is 0 Å². The highest BCUT2D eigenvalue weighted by molar-refractivity contribution is 5.50. The Labute approximate surface area is 120 Å². The van der Waals surface area contributed by atoms with Crippen molar-refractivity contribution in [2.75, 3.05) is 12.4 Å². The largest absolute Gasteiger partial charge is 0.494 e. The minimum absolute atomic E-state index is 0.286. The molecule has 3 atom stereocenters. The highest BCUT2D eigenvalue weighted by atomic mass is 19.1. The summed E-state index contributed by atoms with van der Waals surface area (Å²) in [6.07, 6.45) is 3.93. The summed E-state index contributed by atoms with van der Waals surface area (Å²) in [4.78, 5) is 0. The minimum atomic E-state index is -0.309. The Morgan fingerprint density at radius 2 is 2.05 bits per heavy atom. The zero-order valence-corrected chi connectivity index (χ0v) is 12.8. The SMILES string of the molecule is COc1cc(NC2C(C)(C)[C@H]3CC[C@]2(C)C3)ccc1F. The lowest BCUT2D eigenvalue weighted by Gasteiger charge is -2.43. The van der Waals surface area contributed by atoms with E-state index < -0.39 is 0 Å². The third-order valence-electron chi connectivity index (χ3n) is 5.73. The van der Waals surface area contributed by atoms with Crippen LogP contribution in [0.1, 0.15) is 40.0 Å². The van der Waals surface area contributed by atoms with Gasteiger partial charge in [0.15, 0.2) is 11.6 Å². The molecule has 2 fully saturated rings. The molecule has 0 spiro atoms. The second-order valence-corrected chi connectivity index (χ2v) is 7.34. The number of halogens is 1. The van der Waals surface area contributed by atoms with Crippen LogP contribution in [0.3, 0.4) is 0 Å². The monoisotopic (exact) mass is 277 g/mol. The lowest BCUT2D eigenvalue weighted by atomic mass is 9.68. The van der Waals surface area contributed by atoms with Gasteiger partial charge in [0.1, 0.15) is 0 Å². The molecule has 0 saturated heterocycles. The number of nitrogens with one attached hydrogen (secondary N) is 1. The summed E-state index contributed by atoms with van der Waals surface area (Å²) >= 11 is 0. The Bertz CT molecular complexity index is 523. The summed E-state index contributed by atoms with van der Waals surface area (Å²) in [5.74, 6) is 0.796. The molecule has 3 rings (SSSR count). The van der Waals surface area contributed by atoms with E-state index in [1.807, 2.05) is 6.07 Å². The number of fused-ring (bicyclic) bond motifs is 2. The van der Waals surface area contributed by atoms with Crippen molar-refractivity contribution in [1.29, 1.82) is 0 Å². The van der Waals surface area contributed by atoms with Crippen LogP contribution in [-0.2, 0) is 0 Å². The van der Waals surface area contributed by atoms with Crippen LogP contribution in [0.5, 0.6) is 5.75 Å². The average molecular weight is 277 g/mol. The standard InChI is InChI=1S/C17H24FNO/c1-16(2)11-7-8-17(3,10-11)15(16)19-12-5-6-13(18)14(9-12)20-4/h5-6,9,11,15,19H,7-8,10H2,1-4H3/t11-,15?,17+/m0/s1. The first-order valence-corrected chi connectivity index (χ1v) is 7.47. The summed E-state index contributed by atoms with van der Waals surface area (Å²) in [6.45, 7) is 7.11. The molecular formula is C17H24FNO. The fourth-order valence-corrected chi connectivity index (χ4v) is 4.58. The summed E-state index contributed by atoms with van der Waals surface area (Å²) < 4.78 is 18.6. The second kappa shape index (κ2) is 4.37. The molecule has 2 bridgehead atoms. The zero-order chi connectivity index (χ0) is 14.5. The van der Waals surface area contributed by atoms with E-state index in [4.69, 9.17) is 4.74 Å². The van der Waals surface area contributed by atoms with Crippen LogP contribution < -0.4 is 10.1 Å². The maximum Gasteiger partial charge on any atom is 0.165 e. The molecule has 2 nitrogen and oxygen atoms in total. The van der Waals surface area contributed by atoms with Crippen LogP contribution in [0.2, 0.25) is 0 Å². The van der Waals surface area contributed by atoms with E-state index in [-0.39, 0.29) is 11.2 Å². The number of hydrogen-bond donors (Lipinski definition) is 1. The van der Waals surface area contributed by atoms with Gasteiger partial charge in [-0.1, -0.05) is 20.8 Å². The van der Waals surface area contributed by atoms with Gasteiger partial charge in [0, 0.05) is 17.8 Å². The third kappa shape index (κ3) is 1.90. The number of benzene rings is 1. The van der Waals surface area contributed by atoms with E-state index in [9.17, 15) is 4.39 Å². The molecule has 0 aromatic heterocycles. The first kappa shape index (κ1) is 13.7. The molecule has 1 unspecified atom stereocenters. The Hall–Kier alpha value is -1.25. The maximum absolute atomic E-state index is 13.5. The van der Waals surface area contributed by atoms with E-state index >= 15 is 0 Å². The Morgan fingerprint density at radius 3 is 2.65 bits per heavy atom. The number of hydrogen-bond acceptors (Lipinski definition) is 2. The van der Waals surface area contributed by atoms with E-state index in [0.29, 0.717) is 17.2 Å². The number of rotatable bonds is 3. The predicted octanol–water partition coefficient (Wildman–Crippen LogP) is 4.46. The second-order valence-electron chi connectivity index (χ2n) is 7.34. The van der Waals surface area contributed by atoms with Gasteiger partial charge in [-0.3, -0.25) is 0 Å². The normalized spacial score (nSPS) is 34.2. The van der Waals surface area contributed by atoms with Crippen molar-refractivity contribution < 1.29 is 9.13 Å². The Kier molecular flexibility index (Phi) is 3.00. The van der Waals surface area contributed by atoms with Crippen molar-refractivity contribution in [2.24, 2.45) is 16.7 Å².